The molecule has 1 aromatic heterocycles. The van der Waals surface area contributed by atoms with Gasteiger partial charge < -0.3 is 10.2 Å². The molecule has 0 saturated heterocycles. The van der Waals surface area contributed by atoms with Crippen molar-refractivity contribution in [3.63, 3.8) is 0 Å². The fraction of sp³-hybridized carbons (Fsp3) is 0.296. The van der Waals surface area contributed by atoms with Gasteiger partial charge in [-0.15, -0.1) is 0 Å². The molecule has 0 amide bonds. The number of carboxylic acids is 2. The minimum Gasteiger partial charge on any atom is -0.481 e. The van der Waals surface area contributed by atoms with Crippen LogP contribution in [0.4, 0.5) is 0 Å². The number of benzene rings is 2. The maximum atomic E-state index is 11.0. The predicted molar refractivity (Wildman–Crippen MR) is 140 cm³/mol. The van der Waals surface area contributed by atoms with Crippen LogP contribution in [0.2, 0.25) is 5.02 Å². The average molecular weight is 498 g/mol. The summed E-state index contributed by atoms with van der Waals surface area (Å²) >= 11 is 7.71. The summed E-state index contributed by atoms with van der Waals surface area (Å²) in [4.78, 5) is 26.6. The van der Waals surface area contributed by atoms with E-state index in [0.29, 0.717) is 10.8 Å². The molecule has 2 atom stereocenters. The Hall–Kier alpha value is -2.83. The van der Waals surface area contributed by atoms with E-state index in [-0.39, 0.29) is 24.0 Å². The van der Waals surface area contributed by atoms with Gasteiger partial charge in [-0.1, -0.05) is 61.0 Å². The van der Waals surface area contributed by atoms with Crippen LogP contribution in [0, 0.1) is 5.92 Å². The third kappa shape index (κ3) is 8.19. The number of hydrogen-bond donors (Lipinski definition) is 2. The Morgan fingerprint density at radius 1 is 1.03 bits per heavy atom. The molecule has 0 aliphatic heterocycles. The summed E-state index contributed by atoms with van der Waals surface area (Å²) in [6.07, 6.45) is 5.76. The number of fused-ring (bicyclic) bond motifs is 1. The number of carboxylic acid groups (broad SMARTS) is 2. The summed E-state index contributed by atoms with van der Waals surface area (Å²) in [5, 5.41) is 19.8. The highest BCUT2D eigenvalue weighted by atomic mass is 35.5. The van der Waals surface area contributed by atoms with Gasteiger partial charge in [0.15, 0.2) is 0 Å². The largest absolute Gasteiger partial charge is 0.481 e. The molecular weight excluding hydrogens is 470 g/mol. The Bertz CT molecular complexity index is 1180. The molecule has 3 rings (SSSR count). The minimum atomic E-state index is -0.814. The van der Waals surface area contributed by atoms with E-state index in [1.165, 1.54) is 0 Å². The first-order chi connectivity index (χ1) is 16.3. The molecule has 0 radical (unpaired) electrons. The van der Waals surface area contributed by atoms with Crippen LogP contribution in [0.25, 0.3) is 23.1 Å². The van der Waals surface area contributed by atoms with Crippen LogP contribution in [0.3, 0.4) is 0 Å². The zero-order chi connectivity index (χ0) is 24.5. The highest BCUT2D eigenvalue weighted by molar-refractivity contribution is 7.99. The molecule has 5 nitrogen and oxygen atoms in total. The SMILES string of the molecule is CC(CCC(SCCC(=O)O)c1cccc(C=Cc2ccc3ccc(Cl)cc3n2)c1)CC(=O)O. The van der Waals surface area contributed by atoms with E-state index in [1.54, 1.807) is 11.8 Å². The van der Waals surface area contributed by atoms with Crippen molar-refractivity contribution in [3.8, 4) is 0 Å². The summed E-state index contributed by atoms with van der Waals surface area (Å²) in [6.45, 7) is 1.94. The van der Waals surface area contributed by atoms with Gasteiger partial charge in [-0.2, -0.15) is 11.8 Å². The summed E-state index contributed by atoms with van der Waals surface area (Å²) in [5.74, 6) is -1.03. The molecule has 0 fully saturated rings. The van der Waals surface area contributed by atoms with Gasteiger partial charge in [0.1, 0.15) is 0 Å². The topological polar surface area (TPSA) is 87.5 Å². The molecule has 0 aliphatic carbocycles. The Morgan fingerprint density at radius 2 is 1.82 bits per heavy atom. The lowest BCUT2D eigenvalue weighted by Gasteiger charge is -2.19. The smallest absolute Gasteiger partial charge is 0.304 e. The van der Waals surface area contributed by atoms with Crippen LogP contribution >= 0.6 is 23.4 Å². The van der Waals surface area contributed by atoms with Gasteiger partial charge in [0, 0.05) is 27.8 Å². The van der Waals surface area contributed by atoms with Crippen molar-refractivity contribution in [2.24, 2.45) is 5.92 Å². The van der Waals surface area contributed by atoms with Gasteiger partial charge in [0.05, 0.1) is 17.6 Å². The standard InChI is InChI=1S/C27H28ClNO4S/c1-18(15-27(32)33)5-12-25(34-14-13-26(30)31)21-4-2-3-19(16-21)6-10-23-11-8-20-7-9-22(28)17-24(20)29-23/h2-4,6-11,16-18,25H,5,12-15H2,1H3,(H,30,31)(H,32,33). The second-order valence-corrected chi connectivity index (χ2v) is 10.1. The van der Waals surface area contributed by atoms with Crippen molar-refractivity contribution < 1.29 is 19.8 Å². The predicted octanol–water partition coefficient (Wildman–Crippen LogP) is 7.20. The minimum absolute atomic E-state index is 0.0654. The molecule has 178 valence electrons. The number of thioether (sulfide) groups is 1. The van der Waals surface area contributed by atoms with Crippen molar-refractivity contribution >= 4 is 58.4 Å². The van der Waals surface area contributed by atoms with E-state index in [0.717, 1.165) is 40.6 Å². The monoisotopic (exact) mass is 497 g/mol. The molecule has 0 aliphatic rings. The Morgan fingerprint density at radius 3 is 2.59 bits per heavy atom. The number of carbonyl (C=O) groups is 2. The summed E-state index contributed by atoms with van der Waals surface area (Å²) in [5.41, 5.74) is 3.80. The van der Waals surface area contributed by atoms with E-state index in [1.807, 2.05) is 67.6 Å². The van der Waals surface area contributed by atoms with E-state index >= 15 is 0 Å². The summed E-state index contributed by atoms with van der Waals surface area (Å²) in [6, 6.07) is 17.8. The zero-order valence-corrected chi connectivity index (χ0v) is 20.6. The van der Waals surface area contributed by atoms with Crippen LogP contribution in [-0.4, -0.2) is 32.9 Å². The average Bonchev–Trinajstić information content (AvgIpc) is 2.79. The van der Waals surface area contributed by atoms with Crippen LogP contribution < -0.4 is 0 Å². The van der Waals surface area contributed by atoms with Gasteiger partial charge in [0.25, 0.3) is 0 Å². The van der Waals surface area contributed by atoms with Crippen molar-refractivity contribution in [2.45, 2.75) is 37.9 Å². The van der Waals surface area contributed by atoms with Crippen LogP contribution in [0.15, 0.2) is 54.6 Å². The highest BCUT2D eigenvalue weighted by Gasteiger charge is 2.16. The molecule has 0 bridgehead atoms. The molecule has 1 heterocycles. The number of nitrogens with zero attached hydrogens (tertiary/aromatic N) is 1. The first-order valence-corrected chi connectivity index (χ1v) is 12.6. The first-order valence-electron chi connectivity index (χ1n) is 11.2. The number of pyridine rings is 1. The van der Waals surface area contributed by atoms with Gasteiger partial charge in [0.2, 0.25) is 0 Å². The lowest BCUT2D eigenvalue weighted by Crippen LogP contribution is -2.07. The lowest BCUT2D eigenvalue weighted by molar-refractivity contribution is -0.138. The maximum Gasteiger partial charge on any atom is 0.304 e. The van der Waals surface area contributed by atoms with E-state index in [2.05, 4.69) is 11.1 Å². The van der Waals surface area contributed by atoms with Gasteiger partial charge in [-0.25, -0.2) is 4.98 Å². The normalized spacial score (nSPS) is 13.2. The number of rotatable bonds is 12. The fourth-order valence-corrected chi connectivity index (χ4v) is 5.10. The molecule has 2 unspecified atom stereocenters. The second kappa shape index (κ2) is 12.6. The quantitative estimate of drug-likeness (QED) is 0.275. The molecule has 0 saturated carbocycles. The third-order valence-corrected chi connectivity index (χ3v) is 7.07. The van der Waals surface area contributed by atoms with Gasteiger partial charge in [-0.3, -0.25) is 9.59 Å². The highest BCUT2D eigenvalue weighted by Crippen LogP contribution is 2.36. The third-order valence-electron chi connectivity index (χ3n) is 5.48. The van der Waals surface area contributed by atoms with Crippen LogP contribution in [-0.2, 0) is 9.59 Å². The maximum absolute atomic E-state index is 11.0. The zero-order valence-electron chi connectivity index (χ0n) is 19.0. The first kappa shape index (κ1) is 25.8. The second-order valence-electron chi connectivity index (χ2n) is 8.36. The summed E-state index contributed by atoms with van der Waals surface area (Å²) < 4.78 is 0. The van der Waals surface area contributed by atoms with Crippen molar-refractivity contribution in [1.29, 1.82) is 0 Å². The fourth-order valence-electron chi connectivity index (χ4n) is 3.71. The van der Waals surface area contributed by atoms with Crippen molar-refractivity contribution in [3.05, 3.63) is 76.4 Å². The van der Waals surface area contributed by atoms with Crippen LogP contribution in [0.5, 0.6) is 0 Å². The number of halogens is 1. The van der Waals surface area contributed by atoms with Gasteiger partial charge >= 0.3 is 11.9 Å². The van der Waals surface area contributed by atoms with Crippen molar-refractivity contribution in [1.82, 2.24) is 4.98 Å². The van der Waals surface area contributed by atoms with E-state index < -0.39 is 11.9 Å². The molecule has 34 heavy (non-hydrogen) atoms. The number of aromatic nitrogens is 1. The lowest BCUT2D eigenvalue weighted by atomic mass is 9.97. The Labute approximate surface area is 208 Å². The van der Waals surface area contributed by atoms with E-state index in [9.17, 15) is 9.59 Å². The molecule has 2 N–H and O–H groups in total. The molecule has 7 heteroatoms. The number of aliphatic carboxylic acids is 2. The Kier molecular flexibility index (Phi) is 9.54. The Balaban J connectivity index is 1.75. The molecule has 0 spiro atoms. The van der Waals surface area contributed by atoms with Crippen LogP contribution in [0.1, 0.15) is 54.7 Å². The van der Waals surface area contributed by atoms with E-state index in [4.69, 9.17) is 21.8 Å². The number of hydrogen-bond acceptors (Lipinski definition) is 4. The molecule has 2 aromatic carbocycles. The molecule has 3 aromatic rings. The van der Waals surface area contributed by atoms with Crippen molar-refractivity contribution in [2.75, 3.05) is 5.75 Å². The van der Waals surface area contributed by atoms with Gasteiger partial charge in [-0.05, 0) is 54.2 Å². The molecular formula is C27H28ClNO4S. The summed E-state index contributed by atoms with van der Waals surface area (Å²) in [7, 11) is 0.